The number of benzene rings is 4. The highest BCUT2D eigenvalue weighted by atomic mass is 31.2. The van der Waals surface area contributed by atoms with Crippen LogP contribution in [0.5, 0.6) is 23.0 Å². The van der Waals surface area contributed by atoms with E-state index in [1.807, 2.05) is 121 Å². The van der Waals surface area contributed by atoms with Crippen LogP contribution in [0, 0.1) is 0 Å². The summed E-state index contributed by atoms with van der Waals surface area (Å²) in [5.41, 5.74) is 2.12. The zero-order valence-corrected chi connectivity index (χ0v) is 19.1. The lowest BCUT2D eigenvalue weighted by Gasteiger charge is -2.21. The highest BCUT2D eigenvalue weighted by Crippen LogP contribution is 2.46. The van der Waals surface area contributed by atoms with Gasteiger partial charge in [0.1, 0.15) is 5.44 Å². The molecule has 6 rings (SSSR count). The SMILES string of the molecule is O=P(c1ccccc1)(c1ccccc1)c1cccc(-c2ccc3c(c2)Oc2ccccc2O3)n1. The van der Waals surface area contributed by atoms with Crippen molar-refractivity contribution in [2.45, 2.75) is 0 Å². The van der Waals surface area contributed by atoms with Crippen molar-refractivity contribution in [2.24, 2.45) is 0 Å². The van der Waals surface area contributed by atoms with Crippen molar-refractivity contribution in [1.29, 1.82) is 0 Å². The Labute approximate surface area is 197 Å². The largest absolute Gasteiger partial charge is 0.450 e. The summed E-state index contributed by atoms with van der Waals surface area (Å²) in [4.78, 5) is 4.90. The summed E-state index contributed by atoms with van der Waals surface area (Å²) in [5.74, 6) is 2.64. The Morgan fingerprint density at radius 1 is 0.529 bits per heavy atom. The Morgan fingerprint density at radius 2 is 1.09 bits per heavy atom. The number of rotatable bonds is 4. The average Bonchev–Trinajstić information content (AvgIpc) is 2.92. The summed E-state index contributed by atoms with van der Waals surface area (Å²) in [5, 5.41) is 1.51. The molecule has 2 heterocycles. The lowest BCUT2D eigenvalue weighted by Crippen LogP contribution is -2.27. The Balaban J connectivity index is 1.44. The van der Waals surface area contributed by atoms with Crippen molar-refractivity contribution in [3.8, 4) is 34.3 Å². The Morgan fingerprint density at radius 3 is 1.74 bits per heavy atom. The van der Waals surface area contributed by atoms with E-state index in [0.29, 0.717) is 28.4 Å². The first-order valence-corrected chi connectivity index (χ1v) is 12.7. The van der Waals surface area contributed by atoms with Gasteiger partial charge in [-0.15, -0.1) is 0 Å². The van der Waals surface area contributed by atoms with Crippen LogP contribution < -0.4 is 25.5 Å². The molecule has 5 heteroatoms. The lowest BCUT2D eigenvalue weighted by atomic mass is 10.1. The molecule has 1 aliphatic heterocycles. The van der Waals surface area contributed by atoms with Gasteiger partial charge in [-0.2, -0.15) is 0 Å². The average molecular weight is 461 g/mol. The van der Waals surface area contributed by atoms with Gasteiger partial charge in [-0.1, -0.05) is 78.9 Å². The summed E-state index contributed by atoms with van der Waals surface area (Å²) < 4.78 is 26.7. The molecule has 1 aliphatic rings. The summed E-state index contributed by atoms with van der Waals surface area (Å²) >= 11 is 0. The molecule has 0 bridgehead atoms. The zero-order chi connectivity index (χ0) is 23.0. The third kappa shape index (κ3) is 3.49. The highest BCUT2D eigenvalue weighted by molar-refractivity contribution is 7.85. The highest BCUT2D eigenvalue weighted by Gasteiger charge is 2.31. The van der Waals surface area contributed by atoms with Gasteiger partial charge in [0.2, 0.25) is 0 Å². The maximum atomic E-state index is 14.7. The fraction of sp³-hybridized carbons (Fsp3) is 0. The molecule has 0 spiro atoms. The number of fused-ring (bicyclic) bond motifs is 2. The van der Waals surface area contributed by atoms with Crippen LogP contribution in [0.2, 0.25) is 0 Å². The molecule has 4 nitrogen and oxygen atoms in total. The van der Waals surface area contributed by atoms with Crippen molar-refractivity contribution in [3.63, 3.8) is 0 Å². The first-order valence-electron chi connectivity index (χ1n) is 11.0. The van der Waals surface area contributed by atoms with Crippen LogP contribution >= 0.6 is 7.14 Å². The zero-order valence-electron chi connectivity index (χ0n) is 18.2. The predicted octanol–water partition coefficient (Wildman–Crippen LogP) is 6.29. The van der Waals surface area contributed by atoms with Crippen molar-refractivity contribution >= 4 is 23.2 Å². The molecule has 0 amide bonds. The fourth-order valence-corrected chi connectivity index (χ4v) is 6.69. The summed E-state index contributed by atoms with van der Waals surface area (Å²) in [7, 11) is -3.16. The van der Waals surface area contributed by atoms with E-state index in [1.54, 1.807) is 0 Å². The van der Waals surface area contributed by atoms with Crippen LogP contribution in [0.4, 0.5) is 0 Å². The summed E-state index contributed by atoms with van der Waals surface area (Å²) in [6, 6.07) is 38.1. The number of ether oxygens (including phenoxy) is 2. The number of hydrogen-bond acceptors (Lipinski definition) is 4. The molecule has 0 atom stereocenters. The van der Waals surface area contributed by atoms with Crippen molar-refractivity contribution < 1.29 is 14.0 Å². The third-order valence-electron chi connectivity index (χ3n) is 5.83. The number of nitrogens with zero attached hydrogens (tertiary/aromatic N) is 1. The predicted molar refractivity (Wildman–Crippen MR) is 136 cm³/mol. The number of para-hydroxylation sites is 2. The molecule has 0 saturated heterocycles. The van der Waals surface area contributed by atoms with Gasteiger partial charge in [0.25, 0.3) is 0 Å². The molecule has 34 heavy (non-hydrogen) atoms. The van der Waals surface area contributed by atoms with Crippen LogP contribution in [0.1, 0.15) is 0 Å². The van der Waals surface area contributed by atoms with Crippen molar-refractivity contribution in [3.05, 3.63) is 121 Å². The van der Waals surface area contributed by atoms with E-state index < -0.39 is 7.14 Å². The van der Waals surface area contributed by atoms with Gasteiger partial charge in [-0.25, -0.2) is 4.98 Å². The number of pyridine rings is 1. The maximum Gasteiger partial charge on any atom is 0.188 e. The molecule has 0 saturated carbocycles. The number of hydrogen-bond donors (Lipinski definition) is 0. The second-order valence-corrected chi connectivity index (χ2v) is 10.7. The molecular formula is C29H20NO3P. The van der Waals surface area contributed by atoms with E-state index in [4.69, 9.17) is 14.5 Å². The van der Waals surface area contributed by atoms with E-state index in [-0.39, 0.29) is 0 Å². The summed E-state index contributed by atoms with van der Waals surface area (Å²) in [6.07, 6.45) is 0. The first kappa shape index (κ1) is 20.5. The standard InChI is InChI=1S/C29H20NO3P/c31-34(22-10-3-1-4-11-22,23-12-5-2-6-13-23)29-17-9-14-24(30-29)21-18-19-27-28(20-21)33-26-16-8-7-15-25(26)32-27/h1-20H. The van der Waals surface area contributed by atoms with Crippen LogP contribution in [0.25, 0.3) is 11.3 Å². The fourth-order valence-electron chi connectivity index (χ4n) is 4.14. The minimum atomic E-state index is -3.16. The minimum Gasteiger partial charge on any atom is -0.450 e. The lowest BCUT2D eigenvalue weighted by molar-refractivity contribution is 0.360. The van der Waals surface area contributed by atoms with E-state index in [2.05, 4.69) is 0 Å². The first-order chi connectivity index (χ1) is 16.7. The third-order valence-corrected chi connectivity index (χ3v) is 8.77. The van der Waals surface area contributed by atoms with Crippen LogP contribution in [-0.2, 0) is 4.57 Å². The topological polar surface area (TPSA) is 48.4 Å². The molecule has 1 aromatic heterocycles. The van der Waals surface area contributed by atoms with Crippen LogP contribution in [0.3, 0.4) is 0 Å². The van der Waals surface area contributed by atoms with Crippen molar-refractivity contribution in [2.75, 3.05) is 0 Å². The van der Waals surface area contributed by atoms with Gasteiger partial charge in [0, 0.05) is 16.2 Å². The van der Waals surface area contributed by atoms with Gasteiger partial charge < -0.3 is 14.0 Å². The smallest absolute Gasteiger partial charge is 0.188 e. The molecule has 4 aromatic carbocycles. The Hall–Kier alpha value is -4.14. The molecule has 0 fully saturated rings. The van der Waals surface area contributed by atoms with Gasteiger partial charge in [0.15, 0.2) is 30.1 Å². The van der Waals surface area contributed by atoms with Gasteiger partial charge in [-0.05, 0) is 42.5 Å². The molecule has 0 radical (unpaired) electrons. The van der Waals surface area contributed by atoms with E-state index in [9.17, 15) is 4.57 Å². The van der Waals surface area contributed by atoms with Crippen LogP contribution in [-0.4, -0.2) is 4.98 Å². The molecule has 5 aromatic rings. The molecular weight excluding hydrogens is 441 g/mol. The number of aromatic nitrogens is 1. The van der Waals surface area contributed by atoms with E-state index in [0.717, 1.165) is 21.9 Å². The molecule has 0 N–H and O–H groups in total. The van der Waals surface area contributed by atoms with Gasteiger partial charge >= 0.3 is 0 Å². The van der Waals surface area contributed by atoms with E-state index >= 15 is 0 Å². The van der Waals surface area contributed by atoms with Gasteiger partial charge in [-0.3, -0.25) is 0 Å². The van der Waals surface area contributed by atoms with Crippen molar-refractivity contribution in [1.82, 2.24) is 4.98 Å². The molecule has 0 unspecified atom stereocenters. The molecule has 164 valence electrons. The maximum absolute atomic E-state index is 14.7. The second-order valence-electron chi connectivity index (χ2n) is 7.97. The molecule has 0 aliphatic carbocycles. The Kier molecular flexibility index (Phi) is 5.01. The monoisotopic (exact) mass is 461 g/mol. The van der Waals surface area contributed by atoms with Gasteiger partial charge in [0.05, 0.1) is 5.69 Å². The minimum absolute atomic E-state index is 0.544. The van der Waals surface area contributed by atoms with E-state index in [1.165, 1.54) is 0 Å². The quantitative estimate of drug-likeness (QED) is 0.290. The van der Waals surface area contributed by atoms with Crippen LogP contribution in [0.15, 0.2) is 121 Å². The normalized spacial score (nSPS) is 12.1. The summed E-state index contributed by atoms with van der Waals surface area (Å²) in [6.45, 7) is 0. The Bertz CT molecular complexity index is 1490. The second kappa shape index (κ2) is 8.33.